The van der Waals surface area contributed by atoms with E-state index in [0.29, 0.717) is 10.6 Å². The second kappa shape index (κ2) is 2.78. The van der Waals surface area contributed by atoms with Crippen molar-refractivity contribution in [3.8, 4) is 6.07 Å². The number of halogens is 1. The Balaban J connectivity index is 2.84. The van der Waals surface area contributed by atoms with Gasteiger partial charge >= 0.3 is 0 Å². The van der Waals surface area contributed by atoms with Crippen LogP contribution in [0.2, 0.25) is 5.02 Å². The summed E-state index contributed by atoms with van der Waals surface area (Å²) in [6, 6.07) is 7.68. The molecule has 0 aliphatic carbocycles. The Hall–Kier alpha value is -1.04. The molecule has 3 heteroatoms. The summed E-state index contributed by atoms with van der Waals surface area (Å²) in [5, 5.41) is 12.3. The Kier molecular flexibility index (Phi) is 1.76. The van der Waals surface area contributed by atoms with Gasteiger partial charge < -0.3 is 0 Å². The standard InChI is InChI=1S/C9H4ClNS/c10-8-4-9-6(1-2-12-9)3-7(8)5-11/h1-4H. The molecule has 0 atom stereocenters. The first-order valence-corrected chi connectivity index (χ1v) is 4.64. The smallest absolute Gasteiger partial charge is 0.101 e. The summed E-state index contributed by atoms with van der Waals surface area (Å²) in [7, 11) is 0. The molecule has 0 fully saturated rings. The molecule has 0 amide bonds. The van der Waals surface area contributed by atoms with Crippen molar-refractivity contribution in [1.29, 1.82) is 5.26 Å². The molecule has 0 bridgehead atoms. The van der Waals surface area contributed by atoms with Gasteiger partial charge in [-0.15, -0.1) is 11.3 Å². The van der Waals surface area contributed by atoms with E-state index in [4.69, 9.17) is 16.9 Å². The van der Waals surface area contributed by atoms with E-state index in [1.165, 1.54) is 0 Å². The minimum Gasteiger partial charge on any atom is -0.192 e. The van der Waals surface area contributed by atoms with Crippen molar-refractivity contribution in [1.82, 2.24) is 0 Å². The van der Waals surface area contributed by atoms with Crippen molar-refractivity contribution in [2.75, 3.05) is 0 Å². The minimum absolute atomic E-state index is 0.535. The number of fused-ring (bicyclic) bond motifs is 1. The SMILES string of the molecule is N#Cc1cc2ccsc2cc1Cl. The lowest BCUT2D eigenvalue weighted by atomic mass is 10.2. The van der Waals surface area contributed by atoms with Crippen LogP contribution in [-0.2, 0) is 0 Å². The highest BCUT2D eigenvalue weighted by Gasteiger charge is 2.02. The highest BCUT2D eigenvalue weighted by Crippen LogP contribution is 2.27. The van der Waals surface area contributed by atoms with E-state index in [9.17, 15) is 0 Å². The van der Waals surface area contributed by atoms with Crippen molar-refractivity contribution < 1.29 is 0 Å². The third-order valence-electron chi connectivity index (χ3n) is 1.66. The first-order chi connectivity index (χ1) is 5.81. The summed E-state index contributed by atoms with van der Waals surface area (Å²) in [6.07, 6.45) is 0. The highest BCUT2D eigenvalue weighted by molar-refractivity contribution is 7.17. The van der Waals surface area contributed by atoms with E-state index in [-0.39, 0.29) is 0 Å². The Morgan fingerprint density at radius 3 is 3.00 bits per heavy atom. The van der Waals surface area contributed by atoms with E-state index in [2.05, 4.69) is 0 Å². The second-order valence-electron chi connectivity index (χ2n) is 2.40. The largest absolute Gasteiger partial charge is 0.192 e. The Bertz CT molecular complexity index is 467. The van der Waals surface area contributed by atoms with Crippen LogP contribution in [0.4, 0.5) is 0 Å². The Labute approximate surface area is 78.8 Å². The van der Waals surface area contributed by atoms with E-state index in [1.54, 1.807) is 11.3 Å². The first-order valence-electron chi connectivity index (χ1n) is 3.38. The fraction of sp³-hybridized carbons (Fsp3) is 0. The zero-order valence-electron chi connectivity index (χ0n) is 6.04. The van der Waals surface area contributed by atoms with Crippen LogP contribution in [-0.4, -0.2) is 0 Å². The third kappa shape index (κ3) is 1.08. The van der Waals surface area contributed by atoms with E-state index >= 15 is 0 Å². The molecule has 0 spiro atoms. The molecular weight excluding hydrogens is 190 g/mol. The minimum atomic E-state index is 0.535. The average molecular weight is 194 g/mol. The number of thiophene rings is 1. The molecule has 2 aromatic rings. The monoisotopic (exact) mass is 193 g/mol. The normalized spacial score (nSPS) is 10.0. The van der Waals surface area contributed by atoms with Gasteiger partial charge in [0.05, 0.1) is 10.6 Å². The second-order valence-corrected chi connectivity index (χ2v) is 3.76. The molecule has 0 N–H and O–H groups in total. The Morgan fingerprint density at radius 2 is 2.25 bits per heavy atom. The lowest BCUT2D eigenvalue weighted by Gasteiger charge is -1.93. The first kappa shape index (κ1) is 7.60. The summed E-state index contributed by atoms with van der Waals surface area (Å²) in [5.74, 6) is 0. The maximum Gasteiger partial charge on any atom is 0.101 e. The predicted octanol–water partition coefficient (Wildman–Crippen LogP) is 3.43. The fourth-order valence-corrected chi connectivity index (χ4v) is 2.15. The van der Waals surface area contributed by atoms with Crippen molar-refractivity contribution >= 4 is 33.0 Å². The van der Waals surface area contributed by atoms with Gasteiger partial charge in [-0.2, -0.15) is 5.26 Å². The number of nitriles is 1. The summed E-state index contributed by atoms with van der Waals surface area (Å²) < 4.78 is 1.12. The molecule has 0 unspecified atom stereocenters. The van der Waals surface area contributed by atoms with Crippen LogP contribution in [0.1, 0.15) is 5.56 Å². The van der Waals surface area contributed by atoms with Crippen LogP contribution in [0.25, 0.3) is 10.1 Å². The predicted molar refractivity (Wildman–Crippen MR) is 51.6 cm³/mol. The van der Waals surface area contributed by atoms with Crippen molar-refractivity contribution in [3.63, 3.8) is 0 Å². The molecular formula is C9H4ClNS. The molecule has 1 nitrogen and oxygen atoms in total. The van der Waals surface area contributed by atoms with Gasteiger partial charge in [-0.3, -0.25) is 0 Å². The van der Waals surface area contributed by atoms with Crippen LogP contribution < -0.4 is 0 Å². The fourth-order valence-electron chi connectivity index (χ4n) is 1.07. The molecule has 0 radical (unpaired) electrons. The summed E-state index contributed by atoms with van der Waals surface area (Å²) in [5.41, 5.74) is 0.544. The van der Waals surface area contributed by atoms with Crippen molar-refractivity contribution in [3.05, 3.63) is 34.2 Å². The summed E-state index contributed by atoms with van der Waals surface area (Å²) >= 11 is 7.47. The topological polar surface area (TPSA) is 23.8 Å². The Morgan fingerprint density at radius 1 is 1.42 bits per heavy atom. The molecule has 1 heterocycles. The van der Waals surface area contributed by atoms with Gasteiger partial charge in [0.25, 0.3) is 0 Å². The van der Waals surface area contributed by atoms with Crippen LogP contribution in [0, 0.1) is 11.3 Å². The van der Waals surface area contributed by atoms with Gasteiger partial charge in [-0.05, 0) is 29.0 Å². The maximum atomic E-state index is 8.68. The quantitative estimate of drug-likeness (QED) is 0.629. The van der Waals surface area contributed by atoms with Gasteiger partial charge in [0, 0.05) is 4.70 Å². The lowest BCUT2D eigenvalue weighted by Crippen LogP contribution is -1.74. The molecule has 1 aromatic heterocycles. The number of hydrogen-bond donors (Lipinski definition) is 0. The van der Waals surface area contributed by atoms with E-state index in [0.717, 1.165) is 10.1 Å². The molecule has 0 aliphatic heterocycles. The van der Waals surface area contributed by atoms with Gasteiger partial charge in [0.2, 0.25) is 0 Å². The molecule has 0 saturated carbocycles. The zero-order valence-corrected chi connectivity index (χ0v) is 7.62. The third-order valence-corrected chi connectivity index (χ3v) is 2.85. The van der Waals surface area contributed by atoms with Crippen LogP contribution in [0.15, 0.2) is 23.6 Å². The summed E-state index contributed by atoms with van der Waals surface area (Å²) in [4.78, 5) is 0. The number of nitrogens with zero attached hydrogens (tertiary/aromatic N) is 1. The lowest BCUT2D eigenvalue weighted by molar-refractivity contribution is 1.50. The molecule has 2 rings (SSSR count). The summed E-state index contributed by atoms with van der Waals surface area (Å²) in [6.45, 7) is 0. The van der Waals surface area contributed by atoms with Crippen LogP contribution in [0.5, 0.6) is 0 Å². The van der Waals surface area contributed by atoms with Gasteiger partial charge in [0.15, 0.2) is 0 Å². The van der Waals surface area contributed by atoms with Gasteiger partial charge in [-0.1, -0.05) is 11.6 Å². The number of benzene rings is 1. The van der Waals surface area contributed by atoms with Crippen LogP contribution in [0.3, 0.4) is 0 Å². The number of rotatable bonds is 0. The van der Waals surface area contributed by atoms with Crippen molar-refractivity contribution in [2.24, 2.45) is 0 Å². The van der Waals surface area contributed by atoms with E-state index in [1.807, 2.05) is 29.6 Å². The number of hydrogen-bond acceptors (Lipinski definition) is 2. The highest BCUT2D eigenvalue weighted by atomic mass is 35.5. The van der Waals surface area contributed by atoms with Gasteiger partial charge in [0.1, 0.15) is 6.07 Å². The average Bonchev–Trinajstić information content (AvgIpc) is 2.49. The van der Waals surface area contributed by atoms with Gasteiger partial charge in [-0.25, -0.2) is 0 Å². The van der Waals surface area contributed by atoms with E-state index < -0.39 is 0 Å². The molecule has 58 valence electrons. The zero-order chi connectivity index (χ0) is 8.55. The molecule has 12 heavy (non-hydrogen) atoms. The van der Waals surface area contributed by atoms with Crippen LogP contribution >= 0.6 is 22.9 Å². The maximum absolute atomic E-state index is 8.68. The molecule has 0 aliphatic rings. The molecule has 1 aromatic carbocycles. The van der Waals surface area contributed by atoms with Crippen molar-refractivity contribution in [2.45, 2.75) is 0 Å². The molecule has 0 saturated heterocycles.